The molecule has 3 aromatic rings. The van der Waals surface area contributed by atoms with E-state index in [4.69, 9.17) is 24.4 Å². The van der Waals surface area contributed by atoms with E-state index in [9.17, 15) is 5.11 Å². The van der Waals surface area contributed by atoms with Gasteiger partial charge < -0.3 is 19.9 Å². The number of hydrogen-bond acceptors (Lipinski definition) is 10. The highest BCUT2D eigenvalue weighted by molar-refractivity contribution is 7.98. The molecule has 0 amide bonds. The van der Waals surface area contributed by atoms with Crippen LogP contribution in [0.2, 0.25) is 0 Å². The van der Waals surface area contributed by atoms with Gasteiger partial charge in [0.05, 0.1) is 39.4 Å². The van der Waals surface area contributed by atoms with Crippen molar-refractivity contribution >= 4 is 39.1 Å². The van der Waals surface area contributed by atoms with Crippen LogP contribution in [0.5, 0.6) is 0 Å². The summed E-state index contributed by atoms with van der Waals surface area (Å²) in [6, 6.07) is 1.91. The Balaban J connectivity index is 1.57. The summed E-state index contributed by atoms with van der Waals surface area (Å²) in [5.41, 5.74) is 2.66. The van der Waals surface area contributed by atoms with Crippen molar-refractivity contribution in [3.63, 3.8) is 0 Å². The third-order valence-corrected chi connectivity index (χ3v) is 8.24. The van der Waals surface area contributed by atoms with Gasteiger partial charge in [-0.1, -0.05) is 11.8 Å². The van der Waals surface area contributed by atoms with E-state index in [1.165, 1.54) is 11.8 Å². The monoisotopic (exact) mass is 501 g/mol. The minimum absolute atomic E-state index is 0.0700. The van der Waals surface area contributed by atoms with E-state index in [1.807, 2.05) is 60.1 Å². The first-order chi connectivity index (χ1) is 16.0. The number of nitrogens with zero attached hydrogens (tertiary/aromatic N) is 4. The lowest BCUT2D eigenvalue weighted by molar-refractivity contribution is -0.166. The highest BCUT2D eigenvalue weighted by atomic mass is 32.2. The molecule has 0 bridgehead atoms. The summed E-state index contributed by atoms with van der Waals surface area (Å²) < 4.78 is 13.6. The Kier molecular flexibility index (Phi) is 5.88. The molecule has 2 N–H and O–H groups in total. The van der Waals surface area contributed by atoms with E-state index in [1.54, 1.807) is 11.3 Å². The van der Waals surface area contributed by atoms with Crippen LogP contribution < -0.4 is 5.32 Å². The zero-order chi connectivity index (χ0) is 24.4. The average Bonchev–Trinajstić information content (AvgIpc) is 3.39. The first-order valence-electron chi connectivity index (χ1n) is 11.5. The normalized spacial score (nSPS) is 26.2. The molecule has 8 nitrogen and oxygen atoms in total. The Hall–Kier alpha value is -1.85. The summed E-state index contributed by atoms with van der Waals surface area (Å²) in [6.07, 6.45) is 4.09. The van der Waals surface area contributed by atoms with Crippen molar-refractivity contribution in [1.29, 1.82) is 0 Å². The number of fused-ring (bicyclic) bond motifs is 2. The predicted molar refractivity (Wildman–Crippen MR) is 135 cm³/mol. The van der Waals surface area contributed by atoms with Crippen LogP contribution in [0.4, 0.5) is 5.82 Å². The van der Waals surface area contributed by atoms with E-state index in [0.717, 1.165) is 38.0 Å². The third kappa shape index (κ3) is 4.19. The van der Waals surface area contributed by atoms with Crippen molar-refractivity contribution in [3.8, 4) is 10.6 Å². The molecule has 4 heterocycles. The number of thiazole rings is 1. The smallest absolute Gasteiger partial charge is 0.189 e. The number of anilines is 1. The maximum absolute atomic E-state index is 10.9. The average molecular weight is 502 g/mol. The van der Waals surface area contributed by atoms with Gasteiger partial charge in [-0.3, -0.25) is 4.98 Å². The van der Waals surface area contributed by atoms with E-state index in [2.05, 4.69) is 10.3 Å². The molecule has 5 rings (SSSR count). The molecule has 10 heteroatoms. The Morgan fingerprint density at radius 1 is 1.15 bits per heavy atom. The molecule has 0 aromatic carbocycles. The van der Waals surface area contributed by atoms with Crippen LogP contribution >= 0.6 is 23.1 Å². The number of pyridine rings is 1. The molecule has 1 saturated heterocycles. The van der Waals surface area contributed by atoms with Crippen LogP contribution in [-0.2, 0) is 9.47 Å². The number of aryl methyl sites for hydroxylation is 2. The van der Waals surface area contributed by atoms with Crippen molar-refractivity contribution in [2.45, 2.75) is 82.8 Å². The SMILES string of the molecule is CSc1nc(C)c(-c2nc3c(C)nccc3s2)c(N[C@@H]2C[C@H](C(C)(C)O)[C@H]3OC(C)(C)O[C@H]32)n1. The lowest BCUT2D eigenvalue weighted by Crippen LogP contribution is -2.39. The molecular weight excluding hydrogens is 470 g/mol. The highest BCUT2D eigenvalue weighted by Crippen LogP contribution is 2.47. The predicted octanol–water partition coefficient (Wildman–Crippen LogP) is 4.58. The molecule has 2 aliphatic rings. The molecule has 182 valence electrons. The zero-order valence-corrected chi connectivity index (χ0v) is 22.2. The van der Waals surface area contributed by atoms with Crippen LogP contribution in [0, 0.1) is 19.8 Å². The minimum Gasteiger partial charge on any atom is -0.390 e. The second-order valence-corrected chi connectivity index (χ2v) is 11.9. The maximum atomic E-state index is 10.9. The van der Waals surface area contributed by atoms with Crippen molar-refractivity contribution in [2.24, 2.45) is 5.92 Å². The fourth-order valence-electron chi connectivity index (χ4n) is 5.08. The Morgan fingerprint density at radius 3 is 2.56 bits per heavy atom. The van der Waals surface area contributed by atoms with Crippen molar-refractivity contribution in [3.05, 3.63) is 23.7 Å². The van der Waals surface area contributed by atoms with Gasteiger partial charge >= 0.3 is 0 Å². The maximum Gasteiger partial charge on any atom is 0.189 e. The van der Waals surface area contributed by atoms with Gasteiger partial charge in [-0.15, -0.1) is 11.3 Å². The summed E-state index contributed by atoms with van der Waals surface area (Å²) in [4.78, 5) is 18.9. The van der Waals surface area contributed by atoms with Crippen LogP contribution in [-0.4, -0.2) is 60.9 Å². The second kappa shape index (κ2) is 8.37. The van der Waals surface area contributed by atoms with Gasteiger partial charge in [-0.2, -0.15) is 0 Å². The number of rotatable bonds is 5. The molecule has 0 spiro atoms. The summed E-state index contributed by atoms with van der Waals surface area (Å²) in [7, 11) is 0. The van der Waals surface area contributed by atoms with Gasteiger partial charge in [0.2, 0.25) is 0 Å². The molecule has 0 radical (unpaired) electrons. The first kappa shape index (κ1) is 23.9. The summed E-state index contributed by atoms with van der Waals surface area (Å²) in [5, 5.41) is 16.1. The van der Waals surface area contributed by atoms with E-state index >= 15 is 0 Å². The molecule has 1 saturated carbocycles. The van der Waals surface area contributed by atoms with Gasteiger partial charge in [-0.05, 0) is 60.3 Å². The number of ether oxygens (including phenoxy) is 2. The molecule has 1 aliphatic heterocycles. The molecular formula is C24H31N5O3S2. The van der Waals surface area contributed by atoms with Crippen molar-refractivity contribution in [2.75, 3.05) is 11.6 Å². The minimum atomic E-state index is -0.893. The quantitative estimate of drug-likeness (QED) is 0.384. The van der Waals surface area contributed by atoms with E-state index < -0.39 is 11.4 Å². The number of nitrogens with one attached hydrogen (secondary N) is 1. The largest absolute Gasteiger partial charge is 0.390 e. The third-order valence-electron chi connectivity index (χ3n) is 6.65. The molecule has 1 aliphatic carbocycles. The van der Waals surface area contributed by atoms with Gasteiger partial charge in [0.15, 0.2) is 10.9 Å². The van der Waals surface area contributed by atoms with Crippen molar-refractivity contribution in [1.82, 2.24) is 19.9 Å². The Labute approximate surface area is 207 Å². The molecule has 34 heavy (non-hydrogen) atoms. The lowest BCUT2D eigenvalue weighted by atomic mass is 9.87. The number of thioether (sulfide) groups is 1. The van der Waals surface area contributed by atoms with Crippen LogP contribution in [0.15, 0.2) is 17.4 Å². The standard InChI is InChI=1S/C24H31N5O3S2/c1-11-16(21-28-17-12(2)25-9-8-15(17)34-21)20(29-22(26-11)33-7)27-14-10-13(23(3,4)30)18-19(14)32-24(5,6)31-18/h8-9,13-14,18-19,30H,10H2,1-7H3,(H,26,27,29)/t13-,14+,18+,19-/m0/s1. The summed E-state index contributed by atoms with van der Waals surface area (Å²) in [5.74, 6) is -0.0414. The van der Waals surface area contributed by atoms with E-state index in [-0.39, 0.29) is 24.2 Å². The fraction of sp³-hybridized carbons (Fsp3) is 0.583. The van der Waals surface area contributed by atoms with Gasteiger partial charge in [-0.25, -0.2) is 15.0 Å². The first-order valence-corrected chi connectivity index (χ1v) is 13.5. The fourth-order valence-corrected chi connectivity index (χ4v) is 6.60. The van der Waals surface area contributed by atoms with Crippen LogP contribution in [0.3, 0.4) is 0 Å². The topological polar surface area (TPSA) is 102 Å². The van der Waals surface area contributed by atoms with E-state index in [0.29, 0.717) is 11.6 Å². The van der Waals surface area contributed by atoms with Gasteiger partial charge in [0.1, 0.15) is 22.4 Å². The molecule has 3 aromatic heterocycles. The highest BCUT2D eigenvalue weighted by Gasteiger charge is 2.57. The second-order valence-electron chi connectivity index (χ2n) is 10.1. The van der Waals surface area contributed by atoms with Gasteiger partial charge in [0, 0.05) is 12.1 Å². The molecule has 4 atom stereocenters. The summed E-state index contributed by atoms with van der Waals surface area (Å²) in [6.45, 7) is 11.5. The molecule has 2 fully saturated rings. The number of aliphatic hydroxyl groups is 1. The van der Waals surface area contributed by atoms with Crippen LogP contribution in [0.25, 0.3) is 20.8 Å². The summed E-state index contributed by atoms with van der Waals surface area (Å²) >= 11 is 3.12. The van der Waals surface area contributed by atoms with Crippen molar-refractivity contribution < 1.29 is 14.6 Å². The van der Waals surface area contributed by atoms with Gasteiger partial charge in [0.25, 0.3) is 0 Å². The number of hydrogen-bond donors (Lipinski definition) is 2. The Bertz CT molecular complexity index is 1240. The lowest BCUT2D eigenvalue weighted by Gasteiger charge is -2.31. The molecule has 0 unspecified atom stereocenters. The van der Waals surface area contributed by atoms with Crippen LogP contribution in [0.1, 0.15) is 45.5 Å². The zero-order valence-electron chi connectivity index (χ0n) is 20.5. The Morgan fingerprint density at radius 2 is 1.88 bits per heavy atom. The number of aromatic nitrogens is 4.